The molecule has 1 fully saturated rings. The van der Waals surface area contributed by atoms with Gasteiger partial charge in [0, 0.05) is 0 Å². The van der Waals surface area contributed by atoms with Gasteiger partial charge in [-0.3, -0.25) is 0 Å². The molecule has 0 bridgehead atoms. The Bertz CT molecular complexity index is 491. The van der Waals surface area contributed by atoms with E-state index in [4.69, 9.17) is 9.31 Å². The summed E-state index contributed by atoms with van der Waals surface area (Å²) in [4.78, 5) is 0. The highest BCUT2D eigenvalue weighted by Gasteiger charge is 2.51. The highest BCUT2D eigenvalue weighted by Crippen LogP contribution is 2.36. The summed E-state index contributed by atoms with van der Waals surface area (Å²) in [6.07, 6.45) is 0. The highest BCUT2D eigenvalue weighted by molar-refractivity contribution is 7.95. The molecule has 1 unspecified atom stereocenters. The Hall–Kier alpha value is -0.945. The van der Waals surface area contributed by atoms with Crippen LogP contribution in [0.4, 0.5) is 5.69 Å². The normalized spacial score (nSPS) is 21.6. The lowest BCUT2D eigenvalue weighted by Gasteiger charge is -2.32. The van der Waals surface area contributed by atoms with Crippen molar-refractivity contribution in [2.45, 2.75) is 38.9 Å². The number of hydrogen-bond donors (Lipinski definition) is 1. The fourth-order valence-electron chi connectivity index (χ4n) is 1.89. The van der Waals surface area contributed by atoms with Crippen molar-refractivity contribution in [3.8, 4) is 0 Å². The predicted molar refractivity (Wildman–Crippen MR) is 84.1 cm³/mol. The second-order valence-corrected chi connectivity index (χ2v) is 6.91. The van der Waals surface area contributed by atoms with Gasteiger partial charge in [-0.15, -0.1) is 0 Å². The first-order chi connectivity index (χ1) is 9.25. The lowest BCUT2D eigenvalue weighted by atomic mass is 9.79. The van der Waals surface area contributed by atoms with Gasteiger partial charge in [-0.1, -0.05) is 12.1 Å². The molecule has 0 radical (unpaired) electrons. The molecule has 1 saturated heterocycles. The summed E-state index contributed by atoms with van der Waals surface area (Å²) in [7, 11) is -0.418. The molecule has 0 saturated carbocycles. The van der Waals surface area contributed by atoms with Gasteiger partial charge in [0.2, 0.25) is 0 Å². The molecule has 1 aliphatic rings. The van der Waals surface area contributed by atoms with Crippen LogP contribution in [0.3, 0.4) is 0 Å². The minimum Gasteiger partial charge on any atom is -0.588 e. The van der Waals surface area contributed by atoms with Crippen molar-refractivity contribution in [3.05, 3.63) is 36.3 Å². The predicted octanol–water partition coefficient (Wildman–Crippen LogP) is 2.20. The summed E-state index contributed by atoms with van der Waals surface area (Å²) in [5.41, 5.74) is 0.904. The lowest BCUT2D eigenvalue weighted by molar-refractivity contribution is 0.00578. The molecule has 1 heterocycles. The van der Waals surface area contributed by atoms with Gasteiger partial charge in [-0.2, -0.15) is 0 Å². The van der Waals surface area contributed by atoms with Crippen LogP contribution in [0.5, 0.6) is 0 Å². The Morgan fingerprint density at radius 2 is 1.85 bits per heavy atom. The summed E-state index contributed by atoms with van der Waals surface area (Å²) in [6.45, 7) is 11.5. The van der Waals surface area contributed by atoms with E-state index in [0.717, 1.165) is 11.2 Å². The largest absolute Gasteiger partial charge is 0.588 e. The van der Waals surface area contributed by atoms with Crippen LogP contribution in [-0.2, 0) is 20.7 Å². The highest BCUT2D eigenvalue weighted by atomic mass is 32.2. The Balaban J connectivity index is 2.19. The zero-order valence-corrected chi connectivity index (χ0v) is 13.1. The van der Waals surface area contributed by atoms with Crippen molar-refractivity contribution in [2.75, 3.05) is 4.72 Å². The molecule has 1 aliphatic heterocycles. The van der Waals surface area contributed by atoms with Crippen LogP contribution in [0.1, 0.15) is 27.7 Å². The number of rotatable bonds is 4. The molecule has 1 atom stereocenters. The monoisotopic (exact) mass is 293 g/mol. The molecule has 108 valence electrons. The first-order valence-electron chi connectivity index (χ1n) is 6.50. The number of anilines is 1. The molecule has 0 aliphatic carbocycles. The Kier molecular flexibility index (Phi) is 4.20. The summed E-state index contributed by atoms with van der Waals surface area (Å²) >= 11 is -1.29. The number of hydrogen-bond acceptors (Lipinski definition) is 4. The van der Waals surface area contributed by atoms with E-state index in [2.05, 4.69) is 11.3 Å². The average Bonchev–Trinajstić information content (AvgIpc) is 2.59. The Morgan fingerprint density at radius 3 is 2.40 bits per heavy atom. The molecule has 0 aromatic heterocycles. The van der Waals surface area contributed by atoms with Crippen LogP contribution in [0.25, 0.3) is 0 Å². The van der Waals surface area contributed by atoms with Crippen LogP contribution in [0.2, 0.25) is 0 Å². The van der Waals surface area contributed by atoms with E-state index in [-0.39, 0.29) is 11.2 Å². The maximum Gasteiger partial charge on any atom is 0.494 e. The van der Waals surface area contributed by atoms with E-state index >= 15 is 0 Å². The van der Waals surface area contributed by atoms with E-state index < -0.39 is 18.5 Å². The summed E-state index contributed by atoms with van der Waals surface area (Å²) in [5, 5.41) is 1.35. The van der Waals surface area contributed by atoms with Gasteiger partial charge in [0.05, 0.1) is 28.3 Å². The van der Waals surface area contributed by atoms with Crippen molar-refractivity contribution in [2.24, 2.45) is 0 Å². The molecule has 1 aromatic carbocycles. The minimum atomic E-state index is -1.29. The van der Waals surface area contributed by atoms with Crippen LogP contribution >= 0.6 is 0 Å². The molecule has 4 nitrogen and oxygen atoms in total. The first-order valence-corrected chi connectivity index (χ1v) is 7.72. The van der Waals surface area contributed by atoms with Crippen LogP contribution in [0, 0.1) is 0 Å². The number of benzene rings is 1. The molecule has 0 amide bonds. The molecular weight excluding hydrogens is 273 g/mol. The van der Waals surface area contributed by atoms with Gasteiger partial charge in [-0.25, -0.2) is 4.72 Å². The quantitative estimate of drug-likeness (QED) is 0.683. The van der Waals surface area contributed by atoms with E-state index in [9.17, 15) is 4.55 Å². The molecule has 6 heteroatoms. The van der Waals surface area contributed by atoms with Gasteiger partial charge in [-0.05, 0) is 51.9 Å². The third-order valence-corrected chi connectivity index (χ3v) is 4.52. The SMILES string of the molecule is C=C[S+]([O-])Nc1cccc(B2OC(C)(C)C(C)(C)O2)c1. The molecule has 1 N–H and O–H groups in total. The fourth-order valence-corrected chi connectivity index (χ4v) is 2.33. The second kappa shape index (κ2) is 5.45. The molecule has 20 heavy (non-hydrogen) atoms. The maximum atomic E-state index is 11.4. The van der Waals surface area contributed by atoms with E-state index in [1.165, 1.54) is 5.41 Å². The van der Waals surface area contributed by atoms with Crippen molar-refractivity contribution < 1.29 is 13.9 Å². The van der Waals surface area contributed by atoms with Crippen LogP contribution < -0.4 is 10.2 Å². The maximum absolute atomic E-state index is 11.4. The van der Waals surface area contributed by atoms with Crippen molar-refractivity contribution >= 4 is 29.6 Å². The smallest absolute Gasteiger partial charge is 0.494 e. The number of nitrogens with one attached hydrogen (secondary N) is 1. The van der Waals surface area contributed by atoms with E-state index in [0.29, 0.717) is 0 Å². The van der Waals surface area contributed by atoms with Crippen molar-refractivity contribution in [1.82, 2.24) is 0 Å². The molecule has 1 aromatic rings. The van der Waals surface area contributed by atoms with Crippen molar-refractivity contribution in [1.29, 1.82) is 0 Å². The summed E-state index contributed by atoms with van der Waals surface area (Å²) in [5.74, 6) is 0. The lowest BCUT2D eigenvalue weighted by Crippen LogP contribution is -2.41. The zero-order chi connectivity index (χ0) is 15.0. The van der Waals surface area contributed by atoms with Crippen LogP contribution in [-0.4, -0.2) is 22.9 Å². The van der Waals surface area contributed by atoms with Gasteiger partial charge >= 0.3 is 7.12 Å². The van der Waals surface area contributed by atoms with Crippen molar-refractivity contribution in [3.63, 3.8) is 0 Å². The molecular formula is C14H20BNO3S. The standard InChI is InChI=1S/C14H20BNO3S/c1-6-20(17)16-12-9-7-8-11(10-12)15-18-13(2,3)14(4,5)19-15/h6-10,16H,1H2,2-5H3. The second-order valence-electron chi connectivity index (χ2n) is 5.78. The first kappa shape index (κ1) is 15.4. The minimum absolute atomic E-state index is 0.370. The Labute approximate surface area is 124 Å². The zero-order valence-electron chi connectivity index (χ0n) is 12.3. The third-order valence-electron chi connectivity index (χ3n) is 3.78. The average molecular weight is 293 g/mol. The summed E-state index contributed by atoms with van der Waals surface area (Å²) in [6, 6.07) is 7.53. The Morgan fingerprint density at radius 1 is 1.25 bits per heavy atom. The van der Waals surface area contributed by atoms with E-state index in [1.807, 2.05) is 52.0 Å². The fraction of sp³-hybridized carbons (Fsp3) is 0.429. The van der Waals surface area contributed by atoms with Crippen LogP contribution in [0.15, 0.2) is 36.3 Å². The van der Waals surface area contributed by atoms with Gasteiger partial charge in [0.15, 0.2) is 0 Å². The molecule has 2 rings (SSSR count). The van der Waals surface area contributed by atoms with Gasteiger partial charge in [0.25, 0.3) is 0 Å². The third kappa shape index (κ3) is 3.04. The van der Waals surface area contributed by atoms with Gasteiger partial charge < -0.3 is 13.9 Å². The van der Waals surface area contributed by atoms with Gasteiger partial charge in [0.1, 0.15) is 5.41 Å². The molecule has 0 spiro atoms. The summed E-state index contributed by atoms with van der Waals surface area (Å²) < 4.78 is 26.3. The van der Waals surface area contributed by atoms with E-state index in [1.54, 1.807) is 0 Å². The topological polar surface area (TPSA) is 53.5 Å².